The molecule has 11 aromatic rings. The summed E-state index contributed by atoms with van der Waals surface area (Å²) < 4.78 is 7.66. The van der Waals surface area contributed by atoms with E-state index < -0.39 is 0 Å². The molecule has 0 radical (unpaired) electrons. The van der Waals surface area contributed by atoms with Gasteiger partial charge in [-0.25, -0.2) is 9.97 Å². The average Bonchev–Trinajstić information content (AvgIpc) is 3.81. The zero-order valence-electron chi connectivity index (χ0n) is 24.9. The second-order valence-corrected chi connectivity index (χ2v) is 14.2. The van der Waals surface area contributed by atoms with Gasteiger partial charge in [-0.2, -0.15) is 0 Å². The molecule has 0 spiro atoms. The van der Waals surface area contributed by atoms with Crippen LogP contribution in [0.4, 0.5) is 0 Å². The first-order chi connectivity index (χ1) is 23.3. The molecule has 0 N–H and O–H groups in total. The Kier molecular flexibility index (Phi) is 5.14. The summed E-state index contributed by atoms with van der Waals surface area (Å²) in [6, 6.07) is 50.0. The van der Waals surface area contributed by atoms with E-state index >= 15 is 0 Å². The predicted octanol–water partition coefficient (Wildman–Crippen LogP) is 12.3. The third kappa shape index (κ3) is 3.45. The summed E-state index contributed by atoms with van der Waals surface area (Å²) in [4.78, 5) is 10.5. The monoisotopic (exact) mass is 633 g/mol. The molecule has 3 nitrogen and oxygen atoms in total. The van der Waals surface area contributed by atoms with Gasteiger partial charge >= 0.3 is 0 Å². The van der Waals surface area contributed by atoms with Crippen molar-refractivity contribution >= 4 is 106 Å². The van der Waals surface area contributed by atoms with Gasteiger partial charge in [0.25, 0.3) is 0 Å². The quantitative estimate of drug-likeness (QED) is 0.190. The first-order valence-corrected chi connectivity index (χ1v) is 17.4. The molecule has 218 valence electrons. The zero-order chi connectivity index (χ0) is 30.6. The molecule has 11 rings (SSSR count). The van der Waals surface area contributed by atoms with Gasteiger partial charge in [0.2, 0.25) is 0 Å². The van der Waals surface area contributed by atoms with Gasteiger partial charge in [0, 0.05) is 62.8 Å². The summed E-state index contributed by atoms with van der Waals surface area (Å²) in [5, 5.41) is 11.5. The van der Waals surface area contributed by atoms with Crippen LogP contribution in [0.15, 0.2) is 140 Å². The Balaban J connectivity index is 1.43. The van der Waals surface area contributed by atoms with E-state index in [0.717, 1.165) is 33.6 Å². The number of benzene rings is 7. The standard InChI is InChI=1S/C42H23N3S2/c1-2-12-24(13-3-1)41-43-30-18-8-4-14-25(30)42(44-41)45-31-19-9-5-15-26(31)35-29-22-23-34-36(27-16-6-10-20-32(27)46-34)37(29)38-28-17-7-11-21-33(28)47-40(38)39(35)45/h1-23H. The minimum Gasteiger partial charge on any atom is -0.292 e. The molecular formula is C42H23N3S2. The van der Waals surface area contributed by atoms with Crippen LogP contribution in [0.2, 0.25) is 0 Å². The topological polar surface area (TPSA) is 30.7 Å². The van der Waals surface area contributed by atoms with Crippen LogP contribution in [0.5, 0.6) is 0 Å². The zero-order valence-corrected chi connectivity index (χ0v) is 26.6. The lowest BCUT2D eigenvalue weighted by Crippen LogP contribution is -2.02. The van der Waals surface area contributed by atoms with E-state index in [2.05, 4.69) is 138 Å². The molecule has 0 atom stereocenters. The number of para-hydroxylation sites is 2. The molecule has 0 unspecified atom stereocenters. The summed E-state index contributed by atoms with van der Waals surface area (Å²) in [5.41, 5.74) is 4.29. The Morgan fingerprint density at radius 3 is 1.91 bits per heavy atom. The van der Waals surface area contributed by atoms with E-state index in [1.165, 1.54) is 67.4 Å². The third-order valence-corrected chi connectivity index (χ3v) is 11.9. The molecule has 0 aliphatic heterocycles. The molecule has 0 saturated heterocycles. The maximum Gasteiger partial charge on any atom is 0.162 e. The van der Waals surface area contributed by atoms with Gasteiger partial charge in [-0.05, 0) is 41.8 Å². The molecular weight excluding hydrogens is 611 g/mol. The van der Waals surface area contributed by atoms with E-state index in [0.29, 0.717) is 0 Å². The molecule has 4 heterocycles. The molecule has 0 saturated carbocycles. The fourth-order valence-electron chi connectivity index (χ4n) is 7.64. The number of nitrogens with zero attached hydrogens (tertiary/aromatic N) is 3. The van der Waals surface area contributed by atoms with Crippen LogP contribution in [0, 0.1) is 0 Å². The van der Waals surface area contributed by atoms with Crippen LogP contribution in [0.1, 0.15) is 0 Å². The molecule has 7 aromatic carbocycles. The molecule has 0 fully saturated rings. The van der Waals surface area contributed by atoms with Crippen molar-refractivity contribution in [1.82, 2.24) is 14.5 Å². The fraction of sp³-hybridized carbons (Fsp3) is 0. The summed E-state index contributed by atoms with van der Waals surface area (Å²) >= 11 is 3.78. The van der Waals surface area contributed by atoms with Crippen molar-refractivity contribution < 1.29 is 0 Å². The van der Waals surface area contributed by atoms with Gasteiger partial charge < -0.3 is 0 Å². The lowest BCUT2D eigenvalue weighted by atomic mass is 9.95. The van der Waals surface area contributed by atoms with Gasteiger partial charge in [-0.1, -0.05) is 103 Å². The lowest BCUT2D eigenvalue weighted by Gasteiger charge is -2.14. The second kappa shape index (κ2) is 9.46. The lowest BCUT2D eigenvalue weighted by molar-refractivity contribution is 1.08. The van der Waals surface area contributed by atoms with Crippen molar-refractivity contribution in [2.24, 2.45) is 0 Å². The number of hydrogen-bond donors (Lipinski definition) is 0. The first kappa shape index (κ1) is 25.6. The van der Waals surface area contributed by atoms with Crippen molar-refractivity contribution in [1.29, 1.82) is 0 Å². The highest BCUT2D eigenvalue weighted by Crippen LogP contribution is 2.51. The van der Waals surface area contributed by atoms with E-state index in [-0.39, 0.29) is 0 Å². The minimum atomic E-state index is 0.727. The smallest absolute Gasteiger partial charge is 0.162 e. The summed E-state index contributed by atoms with van der Waals surface area (Å²) in [6.45, 7) is 0. The second-order valence-electron chi connectivity index (χ2n) is 12.1. The summed E-state index contributed by atoms with van der Waals surface area (Å²) in [5.74, 6) is 1.63. The summed E-state index contributed by atoms with van der Waals surface area (Å²) in [7, 11) is 0. The van der Waals surface area contributed by atoms with E-state index in [1.807, 2.05) is 28.7 Å². The molecule has 4 aromatic heterocycles. The maximum atomic E-state index is 5.40. The number of fused-ring (bicyclic) bond motifs is 15. The van der Waals surface area contributed by atoms with Crippen LogP contribution in [-0.4, -0.2) is 14.5 Å². The minimum absolute atomic E-state index is 0.727. The molecule has 0 bridgehead atoms. The fourth-order valence-corrected chi connectivity index (χ4v) is 10.0. The van der Waals surface area contributed by atoms with E-state index in [4.69, 9.17) is 9.97 Å². The molecule has 0 amide bonds. The van der Waals surface area contributed by atoms with Crippen LogP contribution < -0.4 is 0 Å². The highest BCUT2D eigenvalue weighted by Gasteiger charge is 2.25. The molecule has 47 heavy (non-hydrogen) atoms. The van der Waals surface area contributed by atoms with Crippen LogP contribution in [0.3, 0.4) is 0 Å². The highest BCUT2D eigenvalue weighted by molar-refractivity contribution is 7.27. The van der Waals surface area contributed by atoms with Crippen molar-refractivity contribution in [3.05, 3.63) is 140 Å². The van der Waals surface area contributed by atoms with Gasteiger partial charge in [-0.3, -0.25) is 4.57 Å². The van der Waals surface area contributed by atoms with Crippen molar-refractivity contribution in [3.63, 3.8) is 0 Å². The molecule has 0 aliphatic carbocycles. The number of hydrogen-bond acceptors (Lipinski definition) is 4. The molecule has 5 heteroatoms. The highest BCUT2D eigenvalue weighted by atomic mass is 32.1. The van der Waals surface area contributed by atoms with Crippen LogP contribution in [-0.2, 0) is 0 Å². The number of aromatic nitrogens is 3. The molecule has 0 aliphatic rings. The van der Waals surface area contributed by atoms with Crippen LogP contribution in [0.25, 0.3) is 101 Å². The van der Waals surface area contributed by atoms with Crippen molar-refractivity contribution in [2.45, 2.75) is 0 Å². The van der Waals surface area contributed by atoms with E-state index in [1.54, 1.807) is 0 Å². The Labute approximate surface area is 276 Å². The Bertz CT molecular complexity index is 3070. The van der Waals surface area contributed by atoms with E-state index in [9.17, 15) is 0 Å². The van der Waals surface area contributed by atoms with Gasteiger partial charge in [0.15, 0.2) is 5.82 Å². The number of rotatable bonds is 2. The Morgan fingerprint density at radius 1 is 0.426 bits per heavy atom. The Hall–Kier alpha value is -5.62. The number of thiophene rings is 2. The maximum absolute atomic E-state index is 5.40. The van der Waals surface area contributed by atoms with Crippen LogP contribution >= 0.6 is 22.7 Å². The van der Waals surface area contributed by atoms with Gasteiger partial charge in [0.1, 0.15) is 5.82 Å². The predicted molar refractivity (Wildman–Crippen MR) is 203 cm³/mol. The Morgan fingerprint density at radius 2 is 1.09 bits per heavy atom. The normalized spacial score (nSPS) is 12.3. The van der Waals surface area contributed by atoms with Crippen molar-refractivity contribution in [2.75, 3.05) is 0 Å². The summed E-state index contributed by atoms with van der Waals surface area (Å²) in [6.07, 6.45) is 0. The van der Waals surface area contributed by atoms with Gasteiger partial charge in [-0.15, -0.1) is 22.7 Å². The van der Waals surface area contributed by atoms with Gasteiger partial charge in [0.05, 0.1) is 21.3 Å². The third-order valence-electron chi connectivity index (χ3n) is 9.57. The largest absolute Gasteiger partial charge is 0.292 e. The van der Waals surface area contributed by atoms with Crippen molar-refractivity contribution in [3.8, 4) is 17.2 Å². The SMILES string of the molecule is c1ccc(-c2nc(-n3c4ccccc4c4c5ccc6sc7ccccc7c6c5c5c6ccccc6sc5c43)c3ccccc3n2)cc1. The average molecular weight is 634 g/mol. The first-order valence-electron chi connectivity index (χ1n) is 15.8.